The number of ether oxygens (including phenoxy) is 2. The normalized spacial score (nSPS) is 10.0. The zero-order chi connectivity index (χ0) is 13.7. The van der Waals surface area contributed by atoms with Crippen LogP contribution < -0.4 is 10.5 Å². The van der Waals surface area contributed by atoms with Gasteiger partial charge < -0.3 is 15.2 Å². The minimum Gasteiger partial charge on any atom is -0.464 e. The van der Waals surface area contributed by atoms with Crippen LogP contribution in [0.5, 0.6) is 11.5 Å². The number of carbonyl (C=O) groups excluding carboxylic acids is 1. The van der Waals surface area contributed by atoms with E-state index in [1.807, 2.05) is 24.3 Å². The Morgan fingerprint density at radius 2 is 1.95 bits per heavy atom. The van der Waals surface area contributed by atoms with Crippen LogP contribution >= 0.6 is 0 Å². The number of benzene rings is 1. The molecule has 0 fully saturated rings. The standard InChI is InChI=1S/C14H14N2O3/c1-18-14(17)13-8-12(6-7-16-13)19-11-4-2-10(9-15)3-5-11/h2-8H,9,15H2,1H3. The molecule has 0 saturated heterocycles. The van der Waals surface area contributed by atoms with Gasteiger partial charge in [0, 0.05) is 18.8 Å². The van der Waals surface area contributed by atoms with Crippen LogP contribution in [0, 0.1) is 0 Å². The highest BCUT2D eigenvalue weighted by atomic mass is 16.5. The number of pyridine rings is 1. The maximum absolute atomic E-state index is 11.3. The second-order valence-corrected chi connectivity index (χ2v) is 3.82. The van der Waals surface area contributed by atoms with Crippen LogP contribution in [0.2, 0.25) is 0 Å². The predicted molar refractivity (Wildman–Crippen MR) is 70.0 cm³/mol. The topological polar surface area (TPSA) is 74.4 Å². The molecule has 2 N–H and O–H groups in total. The number of hydrogen-bond acceptors (Lipinski definition) is 5. The molecule has 2 aromatic rings. The molecule has 0 spiro atoms. The lowest BCUT2D eigenvalue weighted by atomic mass is 10.2. The summed E-state index contributed by atoms with van der Waals surface area (Å²) in [6.45, 7) is 0.488. The summed E-state index contributed by atoms with van der Waals surface area (Å²) in [5.41, 5.74) is 6.75. The second kappa shape index (κ2) is 5.97. The molecule has 0 aliphatic rings. The van der Waals surface area contributed by atoms with Gasteiger partial charge in [-0.25, -0.2) is 9.78 Å². The molecular formula is C14H14N2O3. The molecule has 5 nitrogen and oxygen atoms in total. The van der Waals surface area contributed by atoms with Gasteiger partial charge in [-0.05, 0) is 23.8 Å². The van der Waals surface area contributed by atoms with Gasteiger partial charge in [0.2, 0.25) is 0 Å². The molecule has 0 unspecified atom stereocenters. The number of nitrogens with zero attached hydrogens (tertiary/aromatic N) is 1. The first-order valence-electron chi connectivity index (χ1n) is 5.74. The Morgan fingerprint density at radius 1 is 1.21 bits per heavy atom. The fourth-order valence-electron chi connectivity index (χ4n) is 1.52. The van der Waals surface area contributed by atoms with Crippen molar-refractivity contribution < 1.29 is 14.3 Å². The van der Waals surface area contributed by atoms with Crippen LogP contribution in [0.4, 0.5) is 0 Å². The number of rotatable bonds is 4. The van der Waals surface area contributed by atoms with E-state index in [9.17, 15) is 4.79 Å². The molecule has 0 bridgehead atoms. The maximum Gasteiger partial charge on any atom is 0.356 e. The van der Waals surface area contributed by atoms with E-state index in [0.29, 0.717) is 18.0 Å². The fraction of sp³-hybridized carbons (Fsp3) is 0.143. The number of nitrogens with two attached hydrogens (primary N) is 1. The molecule has 1 heterocycles. The molecule has 0 radical (unpaired) electrons. The van der Waals surface area contributed by atoms with Gasteiger partial charge >= 0.3 is 5.97 Å². The first-order chi connectivity index (χ1) is 9.22. The fourth-order valence-corrected chi connectivity index (χ4v) is 1.52. The third kappa shape index (κ3) is 3.29. The molecular weight excluding hydrogens is 244 g/mol. The zero-order valence-corrected chi connectivity index (χ0v) is 10.5. The third-order valence-corrected chi connectivity index (χ3v) is 2.52. The summed E-state index contributed by atoms with van der Waals surface area (Å²) < 4.78 is 10.2. The SMILES string of the molecule is COC(=O)c1cc(Oc2ccc(CN)cc2)ccn1. The average molecular weight is 258 g/mol. The molecule has 1 aromatic carbocycles. The monoisotopic (exact) mass is 258 g/mol. The largest absolute Gasteiger partial charge is 0.464 e. The van der Waals surface area contributed by atoms with E-state index in [2.05, 4.69) is 9.72 Å². The van der Waals surface area contributed by atoms with Crippen LogP contribution in [-0.2, 0) is 11.3 Å². The summed E-state index contributed by atoms with van der Waals surface area (Å²) in [4.78, 5) is 15.3. The smallest absolute Gasteiger partial charge is 0.356 e. The number of hydrogen-bond donors (Lipinski definition) is 1. The van der Waals surface area contributed by atoms with Gasteiger partial charge in [-0.3, -0.25) is 0 Å². The van der Waals surface area contributed by atoms with Crippen molar-refractivity contribution in [2.45, 2.75) is 6.54 Å². The van der Waals surface area contributed by atoms with Crippen molar-refractivity contribution >= 4 is 5.97 Å². The molecule has 5 heteroatoms. The molecule has 98 valence electrons. The van der Waals surface area contributed by atoms with Crippen molar-refractivity contribution in [1.29, 1.82) is 0 Å². The van der Waals surface area contributed by atoms with E-state index in [1.165, 1.54) is 19.4 Å². The molecule has 19 heavy (non-hydrogen) atoms. The average Bonchev–Trinajstić information content (AvgIpc) is 2.47. The Bertz CT molecular complexity index is 567. The number of esters is 1. The van der Waals surface area contributed by atoms with E-state index in [-0.39, 0.29) is 5.69 Å². The van der Waals surface area contributed by atoms with Gasteiger partial charge in [0.25, 0.3) is 0 Å². The van der Waals surface area contributed by atoms with E-state index in [4.69, 9.17) is 10.5 Å². The first-order valence-corrected chi connectivity index (χ1v) is 5.74. The first kappa shape index (κ1) is 13.0. The lowest BCUT2D eigenvalue weighted by molar-refractivity contribution is 0.0593. The van der Waals surface area contributed by atoms with Crippen molar-refractivity contribution in [3.8, 4) is 11.5 Å². The maximum atomic E-state index is 11.3. The van der Waals surface area contributed by atoms with Crippen molar-refractivity contribution in [3.05, 3.63) is 53.9 Å². The Labute approximate surface area is 111 Å². The van der Waals surface area contributed by atoms with Gasteiger partial charge in [0.05, 0.1) is 7.11 Å². The van der Waals surface area contributed by atoms with E-state index < -0.39 is 5.97 Å². The number of methoxy groups -OCH3 is 1. The Hall–Kier alpha value is -2.40. The van der Waals surface area contributed by atoms with E-state index >= 15 is 0 Å². The highest BCUT2D eigenvalue weighted by molar-refractivity contribution is 5.87. The van der Waals surface area contributed by atoms with Gasteiger partial charge in [-0.1, -0.05) is 12.1 Å². The summed E-state index contributed by atoms with van der Waals surface area (Å²) in [7, 11) is 1.31. The van der Waals surface area contributed by atoms with Crippen molar-refractivity contribution in [2.24, 2.45) is 5.73 Å². The van der Waals surface area contributed by atoms with Gasteiger partial charge in [0.15, 0.2) is 5.69 Å². The summed E-state index contributed by atoms with van der Waals surface area (Å²) in [6.07, 6.45) is 1.50. The van der Waals surface area contributed by atoms with Crippen molar-refractivity contribution in [2.75, 3.05) is 7.11 Å². The van der Waals surface area contributed by atoms with Crippen LogP contribution in [0.15, 0.2) is 42.6 Å². The van der Waals surface area contributed by atoms with Crippen LogP contribution in [0.3, 0.4) is 0 Å². The summed E-state index contributed by atoms with van der Waals surface area (Å²) >= 11 is 0. The van der Waals surface area contributed by atoms with Crippen molar-refractivity contribution in [1.82, 2.24) is 4.98 Å². The Kier molecular flexibility index (Phi) is 4.10. The lowest BCUT2D eigenvalue weighted by Crippen LogP contribution is -2.03. The second-order valence-electron chi connectivity index (χ2n) is 3.82. The number of aromatic nitrogens is 1. The lowest BCUT2D eigenvalue weighted by Gasteiger charge is -2.07. The summed E-state index contributed by atoms with van der Waals surface area (Å²) in [6, 6.07) is 10.6. The van der Waals surface area contributed by atoms with E-state index in [0.717, 1.165) is 5.56 Å². The predicted octanol–water partition coefficient (Wildman–Crippen LogP) is 2.12. The molecule has 0 amide bonds. The van der Waals surface area contributed by atoms with Crippen LogP contribution in [0.1, 0.15) is 16.1 Å². The minimum absolute atomic E-state index is 0.207. The van der Waals surface area contributed by atoms with Crippen LogP contribution in [-0.4, -0.2) is 18.1 Å². The summed E-state index contributed by atoms with van der Waals surface area (Å²) in [5, 5.41) is 0. The Balaban J connectivity index is 2.16. The molecule has 0 atom stereocenters. The third-order valence-electron chi connectivity index (χ3n) is 2.52. The minimum atomic E-state index is -0.496. The highest BCUT2D eigenvalue weighted by Crippen LogP contribution is 2.21. The van der Waals surface area contributed by atoms with Crippen molar-refractivity contribution in [3.63, 3.8) is 0 Å². The quantitative estimate of drug-likeness (QED) is 0.850. The van der Waals surface area contributed by atoms with E-state index in [1.54, 1.807) is 6.07 Å². The molecule has 0 aliphatic carbocycles. The highest BCUT2D eigenvalue weighted by Gasteiger charge is 2.08. The van der Waals surface area contributed by atoms with Gasteiger partial charge in [-0.15, -0.1) is 0 Å². The Morgan fingerprint density at radius 3 is 2.58 bits per heavy atom. The summed E-state index contributed by atoms with van der Waals surface area (Å²) in [5.74, 6) is 0.694. The molecule has 0 aliphatic heterocycles. The van der Waals surface area contributed by atoms with Crippen LogP contribution in [0.25, 0.3) is 0 Å². The molecule has 2 rings (SSSR count). The van der Waals surface area contributed by atoms with Gasteiger partial charge in [-0.2, -0.15) is 0 Å². The van der Waals surface area contributed by atoms with Gasteiger partial charge in [0.1, 0.15) is 11.5 Å². The number of carbonyl (C=O) groups is 1. The zero-order valence-electron chi connectivity index (χ0n) is 10.5. The molecule has 0 saturated carbocycles. The molecule has 1 aromatic heterocycles.